The predicted octanol–water partition coefficient (Wildman–Crippen LogP) is 4.99. The van der Waals surface area contributed by atoms with Gasteiger partial charge in [-0.1, -0.05) is 50.1 Å². The van der Waals surface area contributed by atoms with Crippen LogP contribution < -0.4 is 4.74 Å². The number of hydrogen-bond acceptors (Lipinski definition) is 1. The van der Waals surface area contributed by atoms with Crippen LogP contribution >= 0.6 is 0 Å². The summed E-state index contributed by atoms with van der Waals surface area (Å²) < 4.78 is 6.05. The van der Waals surface area contributed by atoms with E-state index in [0.717, 1.165) is 17.2 Å². The highest BCUT2D eigenvalue weighted by Gasteiger charge is 2.29. The predicted molar refractivity (Wildman–Crippen MR) is 80.2 cm³/mol. The van der Waals surface area contributed by atoms with Crippen molar-refractivity contribution in [2.75, 3.05) is 0 Å². The molecule has 0 aromatic heterocycles. The molecule has 0 spiro atoms. The van der Waals surface area contributed by atoms with Crippen molar-refractivity contribution in [2.24, 2.45) is 5.92 Å². The van der Waals surface area contributed by atoms with E-state index in [-0.39, 0.29) is 6.10 Å². The molecule has 1 heterocycles. The molecule has 1 aromatic carbocycles. The van der Waals surface area contributed by atoms with Gasteiger partial charge in [0, 0.05) is 11.1 Å². The highest BCUT2D eigenvalue weighted by molar-refractivity contribution is 5.79. The van der Waals surface area contributed by atoms with Crippen molar-refractivity contribution in [1.29, 1.82) is 0 Å². The van der Waals surface area contributed by atoms with Crippen molar-refractivity contribution in [2.45, 2.75) is 45.1 Å². The minimum atomic E-state index is 0.0549. The third-order valence-electron chi connectivity index (χ3n) is 4.24. The van der Waals surface area contributed by atoms with Gasteiger partial charge in [-0.05, 0) is 37.3 Å². The SMILES string of the molecule is C=C(C)[C@@H]1Oc2ccccc2/C1=C\C1CCCCC1. The van der Waals surface area contributed by atoms with E-state index in [0.29, 0.717) is 0 Å². The molecule has 0 N–H and O–H groups in total. The topological polar surface area (TPSA) is 9.23 Å². The van der Waals surface area contributed by atoms with Crippen LogP contribution in [0, 0.1) is 5.92 Å². The van der Waals surface area contributed by atoms with Gasteiger partial charge in [0.1, 0.15) is 11.9 Å². The Kier molecular flexibility index (Phi) is 3.46. The second-order valence-electron chi connectivity index (χ2n) is 5.86. The number of ether oxygens (including phenoxy) is 1. The van der Waals surface area contributed by atoms with Crippen LogP contribution in [0.2, 0.25) is 0 Å². The zero-order valence-corrected chi connectivity index (χ0v) is 11.7. The van der Waals surface area contributed by atoms with Crippen molar-refractivity contribution < 1.29 is 4.74 Å². The molecule has 0 bridgehead atoms. The molecule has 1 aliphatic carbocycles. The number of hydrogen-bond donors (Lipinski definition) is 0. The van der Waals surface area contributed by atoms with Gasteiger partial charge in [-0.15, -0.1) is 0 Å². The summed E-state index contributed by atoms with van der Waals surface area (Å²) in [5.41, 5.74) is 3.70. The van der Waals surface area contributed by atoms with Gasteiger partial charge in [-0.3, -0.25) is 0 Å². The summed E-state index contributed by atoms with van der Waals surface area (Å²) >= 11 is 0. The fraction of sp³-hybridized carbons (Fsp3) is 0.444. The van der Waals surface area contributed by atoms with Gasteiger partial charge in [-0.2, -0.15) is 0 Å². The third-order valence-corrected chi connectivity index (χ3v) is 4.24. The first-order chi connectivity index (χ1) is 9.25. The second-order valence-corrected chi connectivity index (χ2v) is 5.86. The quantitative estimate of drug-likeness (QED) is 0.676. The van der Waals surface area contributed by atoms with Crippen molar-refractivity contribution in [3.63, 3.8) is 0 Å². The van der Waals surface area contributed by atoms with Gasteiger partial charge >= 0.3 is 0 Å². The Bertz CT molecular complexity index is 506. The second kappa shape index (κ2) is 5.24. The maximum absolute atomic E-state index is 6.05. The highest BCUT2D eigenvalue weighted by atomic mass is 16.5. The molecule has 0 amide bonds. The minimum absolute atomic E-state index is 0.0549. The minimum Gasteiger partial charge on any atom is -0.481 e. The molecule has 1 saturated carbocycles. The number of benzene rings is 1. The zero-order chi connectivity index (χ0) is 13.2. The average molecular weight is 254 g/mol. The van der Waals surface area contributed by atoms with Gasteiger partial charge in [0.2, 0.25) is 0 Å². The zero-order valence-electron chi connectivity index (χ0n) is 11.7. The number of fused-ring (bicyclic) bond motifs is 1. The molecule has 2 aliphatic rings. The number of allylic oxidation sites excluding steroid dienone is 1. The number of para-hydroxylation sites is 1. The van der Waals surface area contributed by atoms with E-state index in [1.54, 1.807) is 0 Å². The molecule has 1 aliphatic heterocycles. The van der Waals surface area contributed by atoms with E-state index in [9.17, 15) is 0 Å². The number of rotatable bonds is 2. The van der Waals surface area contributed by atoms with Gasteiger partial charge in [-0.25, -0.2) is 0 Å². The molecule has 1 atom stereocenters. The maximum atomic E-state index is 6.05. The summed E-state index contributed by atoms with van der Waals surface area (Å²) in [5, 5.41) is 0. The first-order valence-corrected chi connectivity index (χ1v) is 7.39. The Morgan fingerprint density at radius 3 is 2.68 bits per heavy atom. The molecule has 1 heteroatoms. The first kappa shape index (κ1) is 12.5. The van der Waals surface area contributed by atoms with Gasteiger partial charge in [0.15, 0.2) is 0 Å². The van der Waals surface area contributed by atoms with Gasteiger partial charge in [0.25, 0.3) is 0 Å². The van der Waals surface area contributed by atoms with E-state index in [2.05, 4.69) is 37.8 Å². The largest absolute Gasteiger partial charge is 0.481 e. The summed E-state index contributed by atoms with van der Waals surface area (Å²) in [6.07, 6.45) is 9.31. The van der Waals surface area contributed by atoms with Crippen LogP contribution in [0.15, 0.2) is 42.5 Å². The van der Waals surface area contributed by atoms with Crippen molar-refractivity contribution in [1.82, 2.24) is 0 Å². The Morgan fingerprint density at radius 1 is 1.21 bits per heavy atom. The third kappa shape index (κ3) is 2.47. The van der Waals surface area contributed by atoms with Crippen LogP contribution in [0.5, 0.6) is 5.75 Å². The molecule has 0 unspecified atom stereocenters. The normalized spacial score (nSPS) is 25.1. The van der Waals surface area contributed by atoms with Gasteiger partial charge in [0.05, 0.1) is 0 Å². The van der Waals surface area contributed by atoms with Crippen LogP contribution in [0.1, 0.15) is 44.6 Å². The molecule has 1 fully saturated rings. The van der Waals surface area contributed by atoms with Crippen molar-refractivity contribution in [3.05, 3.63) is 48.1 Å². The Labute approximate surface area is 116 Å². The van der Waals surface area contributed by atoms with E-state index >= 15 is 0 Å². The van der Waals surface area contributed by atoms with Crippen LogP contribution in [-0.4, -0.2) is 6.10 Å². The van der Waals surface area contributed by atoms with Crippen LogP contribution in [-0.2, 0) is 0 Å². The smallest absolute Gasteiger partial charge is 0.145 e. The molecule has 3 rings (SSSR count). The summed E-state index contributed by atoms with van der Waals surface area (Å²) in [6.45, 7) is 6.16. The van der Waals surface area contributed by atoms with E-state index in [4.69, 9.17) is 4.74 Å². The van der Waals surface area contributed by atoms with Crippen LogP contribution in [0.4, 0.5) is 0 Å². The van der Waals surface area contributed by atoms with Gasteiger partial charge < -0.3 is 4.74 Å². The standard InChI is InChI=1S/C18H22O/c1-13(2)18-16(12-14-8-4-3-5-9-14)15-10-6-7-11-17(15)19-18/h6-7,10-12,14,18H,1,3-5,8-9H2,2H3/b16-12+/t18-/m0/s1. The van der Waals surface area contributed by atoms with E-state index in [1.165, 1.54) is 43.2 Å². The van der Waals surface area contributed by atoms with Crippen molar-refractivity contribution in [3.8, 4) is 5.75 Å². The van der Waals surface area contributed by atoms with E-state index < -0.39 is 0 Å². The van der Waals surface area contributed by atoms with Crippen molar-refractivity contribution >= 4 is 5.57 Å². The molecule has 0 saturated heterocycles. The lowest BCUT2D eigenvalue weighted by Gasteiger charge is -2.20. The van der Waals surface area contributed by atoms with Crippen LogP contribution in [0.3, 0.4) is 0 Å². The molecular formula is C18H22O. The first-order valence-electron chi connectivity index (χ1n) is 7.39. The molecular weight excluding hydrogens is 232 g/mol. The summed E-state index contributed by atoms with van der Waals surface area (Å²) in [4.78, 5) is 0. The summed E-state index contributed by atoms with van der Waals surface area (Å²) in [6, 6.07) is 8.37. The molecule has 1 nitrogen and oxygen atoms in total. The Balaban J connectivity index is 1.95. The lowest BCUT2D eigenvalue weighted by molar-refractivity contribution is 0.310. The summed E-state index contributed by atoms with van der Waals surface area (Å²) in [5.74, 6) is 1.73. The fourth-order valence-corrected chi connectivity index (χ4v) is 3.24. The Morgan fingerprint density at radius 2 is 1.95 bits per heavy atom. The summed E-state index contributed by atoms with van der Waals surface area (Å²) in [7, 11) is 0. The molecule has 1 aromatic rings. The monoisotopic (exact) mass is 254 g/mol. The maximum Gasteiger partial charge on any atom is 0.145 e. The fourth-order valence-electron chi connectivity index (χ4n) is 3.24. The lowest BCUT2D eigenvalue weighted by Crippen LogP contribution is -2.14. The Hall–Kier alpha value is -1.50. The molecule has 19 heavy (non-hydrogen) atoms. The highest BCUT2D eigenvalue weighted by Crippen LogP contribution is 2.41. The molecule has 100 valence electrons. The van der Waals surface area contributed by atoms with Crippen LogP contribution in [0.25, 0.3) is 5.57 Å². The van der Waals surface area contributed by atoms with E-state index in [1.807, 2.05) is 6.07 Å². The lowest BCUT2D eigenvalue weighted by atomic mass is 9.85. The molecule has 0 radical (unpaired) electrons. The average Bonchev–Trinajstić information content (AvgIpc) is 2.79.